The number of para-hydroxylation sites is 1. The average Bonchev–Trinajstić information content (AvgIpc) is 3.69. The maximum Gasteiger partial charge on any atom is 0.246 e. The number of anilines is 1. The predicted molar refractivity (Wildman–Crippen MR) is 195 cm³/mol. The number of unbranched alkanes of at least 4 members (excludes halogenated alkanes) is 4. The van der Waals surface area contributed by atoms with Crippen molar-refractivity contribution in [1.82, 2.24) is 26.2 Å². The highest BCUT2D eigenvalue weighted by atomic mass is 32.2. The zero-order chi connectivity index (χ0) is 36.6. The van der Waals surface area contributed by atoms with E-state index >= 15 is 0 Å². The van der Waals surface area contributed by atoms with E-state index in [0.29, 0.717) is 69.0 Å². The van der Waals surface area contributed by atoms with E-state index in [1.54, 1.807) is 19.2 Å². The summed E-state index contributed by atoms with van der Waals surface area (Å²) in [6.07, 6.45) is 9.68. The Morgan fingerprint density at radius 3 is 2.35 bits per heavy atom. The summed E-state index contributed by atoms with van der Waals surface area (Å²) in [7, 11) is 1.67. The Hall–Kier alpha value is -3.94. The number of amides is 7. The van der Waals surface area contributed by atoms with Crippen molar-refractivity contribution in [3.8, 4) is 0 Å². The Morgan fingerprint density at radius 2 is 1.65 bits per heavy atom. The van der Waals surface area contributed by atoms with Crippen LogP contribution in [0.2, 0.25) is 0 Å². The molecule has 2 heterocycles. The van der Waals surface area contributed by atoms with Gasteiger partial charge in [0.05, 0.1) is 5.25 Å². The van der Waals surface area contributed by atoms with Crippen molar-refractivity contribution in [3.05, 3.63) is 30.3 Å². The second kappa shape index (κ2) is 20.8. The van der Waals surface area contributed by atoms with Crippen LogP contribution >= 0.6 is 11.8 Å². The molecular weight excluding hydrogens is 673 g/mol. The molecule has 3 fully saturated rings. The highest BCUT2D eigenvalue weighted by Gasteiger charge is 2.38. The normalized spacial score (nSPS) is 22.3. The summed E-state index contributed by atoms with van der Waals surface area (Å²) in [5.41, 5.74) is 0.630. The molecule has 0 bridgehead atoms. The Labute approximate surface area is 304 Å². The third-order valence-electron chi connectivity index (χ3n) is 9.98. The molecule has 7 amide bonds. The summed E-state index contributed by atoms with van der Waals surface area (Å²) >= 11 is 1.49. The number of benzene rings is 1. The highest BCUT2D eigenvalue weighted by Crippen LogP contribution is 2.29. The van der Waals surface area contributed by atoms with Gasteiger partial charge in [-0.2, -0.15) is 0 Å². The zero-order valence-electron chi connectivity index (χ0n) is 29.7. The summed E-state index contributed by atoms with van der Waals surface area (Å²) < 4.78 is 0. The van der Waals surface area contributed by atoms with Crippen LogP contribution in [0.3, 0.4) is 0 Å². The van der Waals surface area contributed by atoms with Crippen LogP contribution in [0, 0.1) is 11.8 Å². The van der Waals surface area contributed by atoms with Gasteiger partial charge < -0.3 is 26.6 Å². The lowest BCUT2D eigenvalue weighted by atomic mass is 9.81. The molecule has 1 aromatic carbocycles. The first-order valence-electron chi connectivity index (χ1n) is 18.5. The Bertz CT molecular complexity index is 1370. The fourth-order valence-corrected chi connectivity index (χ4v) is 8.07. The predicted octanol–water partition coefficient (Wildman–Crippen LogP) is 3.04. The number of thioether (sulfide) groups is 1. The molecule has 1 aromatic rings. The molecular formula is C37H54N6O7S. The lowest BCUT2D eigenvalue weighted by Crippen LogP contribution is -2.50. The Balaban J connectivity index is 1.07. The number of imide groups is 1. The van der Waals surface area contributed by atoms with E-state index in [4.69, 9.17) is 0 Å². The average molecular weight is 727 g/mol. The number of carbonyl (C=O) groups is 7. The minimum Gasteiger partial charge on any atom is -0.359 e. The van der Waals surface area contributed by atoms with Gasteiger partial charge in [0.2, 0.25) is 41.4 Å². The van der Waals surface area contributed by atoms with Crippen molar-refractivity contribution < 1.29 is 33.6 Å². The summed E-state index contributed by atoms with van der Waals surface area (Å²) in [6.45, 7) is 1.01. The second-order valence-corrected chi connectivity index (χ2v) is 15.1. The van der Waals surface area contributed by atoms with E-state index in [0.717, 1.165) is 44.9 Å². The number of carbonyl (C=O) groups excluding carboxylic acids is 7. The number of rotatable bonds is 20. The van der Waals surface area contributed by atoms with Crippen LogP contribution < -0.4 is 26.6 Å². The fraction of sp³-hybridized carbons (Fsp3) is 0.649. The molecule has 14 heteroatoms. The van der Waals surface area contributed by atoms with Gasteiger partial charge in [0.15, 0.2) is 0 Å². The number of nitrogens with zero attached hydrogens (tertiary/aromatic N) is 1. The van der Waals surface area contributed by atoms with Crippen LogP contribution in [0.5, 0.6) is 0 Å². The minimum absolute atomic E-state index is 0.0167. The molecule has 2 unspecified atom stereocenters. The summed E-state index contributed by atoms with van der Waals surface area (Å²) in [6, 6.07) is 7.62. The Morgan fingerprint density at radius 1 is 0.902 bits per heavy atom. The monoisotopic (exact) mass is 726 g/mol. The topological polar surface area (TPSA) is 183 Å². The molecule has 5 N–H and O–H groups in total. The number of hydrogen-bond donors (Lipinski definition) is 5. The van der Waals surface area contributed by atoms with Gasteiger partial charge in [-0.05, 0) is 81.6 Å². The molecule has 3 atom stereocenters. The van der Waals surface area contributed by atoms with Crippen LogP contribution in [0.4, 0.5) is 5.69 Å². The summed E-state index contributed by atoms with van der Waals surface area (Å²) in [4.78, 5) is 88.4. The maximum absolute atomic E-state index is 13.1. The molecule has 0 radical (unpaired) electrons. The summed E-state index contributed by atoms with van der Waals surface area (Å²) in [5, 5.41) is 13.7. The first-order chi connectivity index (χ1) is 24.6. The Kier molecular flexibility index (Phi) is 16.2. The van der Waals surface area contributed by atoms with Crippen molar-refractivity contribution >= 4 is 58.8 Å². The van der Waals surface area contributed by atoms with Crippen LogP contribution in [0.1, 0.15) is 96.3 Å². The van der Waals surface area contributed by atoms with Crippen molar-refractivity contribution in [2.75, 3.05) is 31.2 Å². The molecule has 2 aliphatic heterocycles. The van der Waals surface area contributed by atoms with E-state index < -0.39 is 12.1 Å². The lowest BCUT2D eigenvalue weighted by molar-refractivity contribution is -0.138. The van der Waals surface area contributed by atoms with Gasteiger partial charge in [0.25, 0.3) is 0 Å². The van der Waals surface area contributed by atoms with Gasteiger partial charge in [0, 0.05) is 51.0 Å². The lowest BCUT2D eigenvalue weighted by Gasteiger charge is -2.27. The van der Waals surface area contributed by atoms with E-state index in [1.165, 1.54) is 16.7 Å². The van der Waals surface area contributed by atoms with Crippen LogP contribution in [-0.4, -0.2) is 89.5 Å². The van der Waals surface area contributed by atoms with Crippen molar-refractivity contribution in [1.29, 1.82) is 0 Å². The molecule has 51 heavy (non-hydrogen) atoms. The quantitative estimate of drug-likeness (QED) is 0.100. The molecule has 0 aromatic heterocycles. The second-order valence-electron chi connectivity index (χ2n) is 13.8. The van der Waals surface area contributed by atoms with E-state index in [2.05, 4.69) is 26.6 Å². The number of nitrogens with one attached hydrogen (secondary N) is 5. The van der Waals surface area contributed by atoms with E-state index in [9.17, 15) is 33.6 Å². The SMILES string of the molecule is CNC(=O)C1CCC(CNC(=O)CCCCCN2C(=O)CC(SCCCCC[C@H](NC(=O)C3CCC(=O)N3)C(=O)Nc3ccccc3)C2=O)CC1. The largest absolute Gasteiger partial charge is 0.359 e. The van der Waals surface area contributed by atoms with Crippen LogP contribution in [-0.2, 0) is 33.6 Å². The molecule has 280 valence electrons. The third kappa shape index (κ3) is 13.0. The van der Waals surface area contributed by atoms with Gasteiger partial charge in [-0.1, -0.05) is 37.5 Å². The zero-order valence-corrected chi connectivity index (χ0v) is 30.5. The maximum atomic E-state index is 13.1. The van der Waals surface area contributed by atoms with Gasteiger partial charge in [-0.3, -0.25) is 38.5 Å². The van der Waals surface area contributed by atoms with Crippen LogP contribution in [0.15, 0.2) is 30.3 Å². The van der Waals surface area contributed by atoms with Crippen molar-refractivity contribution in [2.24, 2.45) is 11.8 Å². The van der Waals surface area contributed by atoms with Crippen molar-refractivity contribution in [2.45, 2.75) is 114 Å². The number of hydrogen-bond acceptors (Lipinski definition) is 8. The molecule has 2 saturated heterocycles. The summed E-state index contributed by atoms with van der Waals surface area (Å²) in [5.74, 6) is 0.155. The van der Waals surface area contributed by atoms with E-state index in [1.807, 2.05) is 18.2 Å². The van der Waals surface area contributed by atoms with Gasteiger partial charge >= 0.3 is 0 Å². The first-order valence-corrected chi connectivity index (χ1v) is 19.6. The molecule has 0 spiro atoms. The minimum atomic E-state index is -0.757. The molecule has 13 nitrogen and oxygen atoms in total. The van der Waals surface area contributed by atoms with E-state index in [-0.39, 0.29) is 65.4 Å². The fourth-order valence-electron chi connectivity index (χ4n) is 6.89. The van der Waals surface area contributed by atoms with Gasteiger partial charge in [0.1, 0.15) is 12.1 Å². The van der Waals surface area contributed by atoms with Crippen molar-refractivity contribution in [3.63, 3.8) is 0 Å². The number of likely N-dealkylation sites (tertiary alicyclic amines) is 1. The highest BCUT2D eigenvalue weighted by molar-refractivity contribution is 8.00. The van der Waals surface area contributed by atoms with Crippen LogP contribution in [0.25, 0.3) is 0 Å². The third-order valence-corrected chi connectivity index (χ3v) is 11.3. The van der Waals surface area contributed by atoms with Gasteiger partial charge in [-0.15, -0.1) is 11.8 Å². The molecule has 4 rings (SSSR count). The molecule has 1 aliphatic carbocycles. The smallest absolute Gasteiger partial charge is 0.246 e. The standard InChI is InChI=1S/C37H54N6O7S/c1-38-34(47)26-17-15-25(16-18-26)24-39-31(44)14-8-3-9-21-43-33(46)23-30(37(43)50)51-22-10-4-7-13-28(35(48)40-27-11-5-2-6-12-27)42-36(49)29-19-20-32(45)41-29/h2,5-6,11-12,25-26,28-30H,3-4,7-10,13-24H2,1H3,(H,38,47)(H,39,44)(H,40,48)(H,41,45)(H,42,49)/t25?,26?,28-,29?,30?/m0/s1. The van der Waals surface area contributed by atoms with Gasteiger partial charge in [-0.25, -0.2) is 0 Å². The molecule has 1 saturated carbocycles. The molecule has 3 aliphatic rings. The first kappa shape index (κ1) is 39.8.